The lowest BCUT2D eigenvalue weighted by molar-refractivity contribution is 0.479. The molecule has 8 nitrogen and oxygen atoms in total. The summed E-state index contributed by atoms with van der Waals surface area (Å²) in [4.78, 5) is 9.29. The molecule has 0 bridgehead atoms. The first-order valence-electron chi connectivity index (χ1n) is 9.09. The highest BCUT2D eigenvalue weighted by Crippen LogP contribution is 2.23. The largest absolute Gasteiger partial charge is 0.403 e. The van der Waals surface area contributed by atoms with Crippen molar-refractivity contribution < 1.29 is 0 Å². The summed E-state index contributed by atoms with van der Waals surface area (Å²) in [6.45, 7) is 2.06. The number of rotatable bonds is 5. The quantitative estimate of drug-likeness (QED) is 0.342. The van der Waals surface area contributed by atoms with Crippen molar-refractivity contribution in [1.29, 1.82) is 0 Å². The van der Waals surface area contributed by atoms with Crippen molar-refractivity contribution in [3.8, 4) is 11.4 Å². The van der Waals surface area contributed by atoms with Gasteiger partial charge in [-0.25, -0.2) is 9.97 Å². The van der Waals surface area contributed by atoms with E-state index in [2.05, 4.69) is 21.0 Å². The number of hydrogen-bond donors (Lipinski definition) is 5. The molecule has 3 aromatic rings. The van der Waals surface area contributed by atoms with Crippen LogP contribution in [-0.4, -0.2) is 33.5 Å². The Bertz CT molecular complexity index is 955. The van der Waals surface area contributed by atoms with Gasteiger partial charge in [0, 0.05) is 30.5 Å². The highest BCUT2D eigenvalue weighted by Gasteiger charge is 2.14. The molecule has 8 heteroatoms. The first-order valence-corrected chi connectivity index (χ1v) is 9.09. The van der Waals surface area contributed by atoms with Crippen LogP contribution in [0.3, 0.4) is 0 Å². The van der Waals surface area contributed by atoms with E-state index in [9.17, 15) is 0 Å². The first kappa shape index (κ1) is 17.3. The number of piperidine rings is 1. The molecule has 27 heavy (non-hydrogen) atoms. The molecule has 4 rings (SSSR count). The number of anilines is 1. The molecule has 0 amide bonds. The van der Waals surface area contributed by atoms with Crippen molar-refractivity contribution >= 4 is 17.2 Å². The third kappa shape index (κ3) is 3.57. The fourth-order valence-electron chi connectivity index (χ4n) is 3.41. The number of nitrogens with zero attached hydrogens (tertiary/aromatic N) is 3. The second kappa shape index (κ2) is 7.65. The molecule has 7 N–H and O–H groups in total. The summed E-state index contributed by atoms with van der Waals surface area (Å²) in [5.74, 6) is 6.38. The number of aromatic nitrogens is 3. The van der Waals surface area contributed by atoms with Crippen LogP contribution in [0.15, 0.2) is 48.9 Å². The number of fused-ring (bicyclic) bond motifs is 1. The summed E-state index contributed by atoms with van der Waals surface area (Å²) in [6.07, 6.45) is 7.55. The van der Waals surface area contributed by atoms with Crippen molar-refractivity contribution in [1.82, 2.24) is 25.1 Å². The zero-order valence-electron chi connectivity index (χ0n) is 15.0. The van der Waals surface area contributed by atoms with Gasteiger partial charge >= 0.3 is 0 Å². The van der Waals surface area contributed by atoms with Gasteiger partial charge in [-0.1, -0.05) is 6.07 Å². The minimum absolute atomic E-state index is 0.413. The van der Waals surface area contributed by atoms with Crippen LogP contribution in [0.5, 0.6) is 0 Å². The predicted octanol–water partition coefficient (Wildman–Crippen LogP) is 1.28. The molecule has 4 heterocycles. The Morgan fingerprint density at radius 3 is 3.04 bits per heavy atom. The summed E-state index contributed by atoms with van der Waals surface area (Å²) in [6, 6.07) is 10.3. The average molecular weight is 364 g/mol. The normalized spacial score (nSPS) is 17.8. The summed E-state index contributed by atoms with van der Waals surface area (Å²) in [7, 11) is 0. The summed E-state index contributed by atoms with van der Waals surface area (Å²) in [5.41, 5.74) is 12.3. The predicted molar refractivity (Wildman–Crippen MR) is 107 cm³/mol. The zero-order valence-corrected chi connectivity index (χ0v) is 15.0. The van der Waals surface area contributed by atoms with Gasteiger partial charge in [0.2, 0.25) is 0 Å². The SMILES string of the molecule is N/C=C(\NN)c1ccn2c(-c3cccc(N[C@H]4CCCNC4)n3)cnc2c1. The molecule has 0 radical (unpaired) electrons. The molecule has 0 unspecified atom stereocenters. The number of nitrogens with two attached hydrogens (primary N) is 2. The minimum Gasteiger partial charge on any atom is -0.403 e. The van der Waals surface area contributed by atoms with Gasteiger partial charge < -0.3 is 21.8 Å². The molecular weight excluding hydrogens is 340 g/mol. The van der Waals surface area contributed by atoms with Crippen molar-refractivity contribution in [2.45, 2.75) is 18.9 Å². The fraction of sp³-hybridized carbons (Fsp3) is 0.263. The average Bonchev–Trinajstić information content (AvgIpc) is 3.13. The smallest absolute Gasteiger partial charge is 0.137 e. The number of nitrogens with one attached hydrogen (secondary N) is 3. The van der Waals surface area contributed by atoms with Crippen LogP contribution in [-0.2, 0) is 0 Å². The Morgan fingerprint density at radius 1 is 1.33 bits per heavy atom. The molecule has 1 saturated heterocycles. The van der Waals surface area contributed by atoms with E-state index in [1.807, 2.05) is 47.1 Å². The highest BCUT2D eigenvalue weighted by atomic mass is 15.2. The lowest BCUT2D eigenvalue weighted by atomic mass is 10.1. The lowest BCUT2D eigenvalue weighted by Crippen LogP contribution is -2.38. The van der Waals surface area contributed by atoms with E-state index in [0.717, 1.165) is 47.9 Å². The van der Waals surface area contributed by atoms with E-state index in [1.54, 1.807) is 0 Å². The van der Waals surface area contributed by atoms with Gasteiger partial charge in [-0.05, 0) is 43.7 Å². The Labute approximate surface area is 157 Å². The van der Waals surface area contributed by atoms with Crippen LogP contribution in [0.1, 0.15) is 18.4 Å². The maximum absolute atomic E-state index is 5.60. The molecule has 0 saturated carbocycles. The zero-order chi connectivity index (χ0) is 18.6. The monoisotopic (exact) mass is 364 g/mol. The maximum atomic E-state index is 5.60. The van der Waals surface area contributed by atoms with Gasteiger partial charge in [0.05, 0.1) is 23.3 Å². The van der Waals surface area contributed by atoms with Gasteiger partial charge in [0.1, 0.15) is 11.5 Å². The lowest BCUT2D eigenvalue weighted by Gasteiger charge is -2.24. The Balaban J connectivity index is 1.63. The second-order valence-corrected chi connectivity index (χ2v) is 6.61. The molecule has 3 aromatic heterocycles. The molecule has 140 valence electrons. The third-order valence-electron chi connectivity index (χ3n) is 4.81. The van der Waals surface area contributed by atoms with Gasteiger partial charge in [-0.3, -0.25) is 10.2 Å². The molecule has 1 fully saturated rings. The van der Waals surface area contributed by atoms with Gasteiger partial charge in [0.15, 0.2) is 0 Å². The van der Waals surface area contributed by atoms with E-state index < -0.39 is 0 Å². The van der Waals surface area contributed by atoms with Crippen molar-refractivity contribution in [2.24, 2.45) is 11.6 Å². The van der Waals surface area contributed by atoms with Gasteiger partial charge in [-0.15, -0.1) is 0 Å². The number of imidazole rings is 1. The maximum Gasteiger partial charge on any atom is 0.137 e. The first-order chi connectivity index (χ1) is 13.3. The van der Waals surface area contributed by atoms with Crippen LogP contribution in [0.2, 0.25) is 0 Å². The Hall–Kier alpha value is -3.10. The molecule has 0 spiro atoms. The Kier molecular flexibility index (Phi) is 4.91. The van der Waals surface area contributed by atoms with Crippen molar-refractivity contribution in [3.63, 3.8) is 0 Å². The van der Waals surface area contributed by atoms with Crippen LogP contribution in [0.4, 0.5) is 5.82 Å². The van der Waals surface area contributed by atoms with Crippen LogP contribution in [0.25, 0.3) is 22.7 Å². The second-order valence-electron chi connectivity index (χ2n) is 6.61. The standard InChI is InChI=1S/C19H24N8/c20-10-16(26-21)13-6-8-27-17(12-23-19(27)9-13)15-4-1-5-18(25-15)24-14-3-2-7-22-11-14/h1,4-6,8-10,12,14,22,26H,2-3,7,11,20-21H2,(H,24,25)/b16-10-/t14-/m0/s1. The fourth-order valence-corrected chi connectivity index (χ4v) is 3.41. The highest BCUT2D eigenvalue weighted by molar-refractivity contribution is 5.69. The number of pyridine rings is 2. The van der Waals surface area contributed by atoms with E-state index in [0.29, 0.717) is 11.7 Å². The van der Waals surface area contributed by atoms with E-state index in [1.165, 1.54) is 12.6 Å². The van der Waals surface area contributed by atoms with Crippen LogP contribution in [0, 0.1) is 0 Å². The Morgan fingerprint density at radius 2 is 2.26 bits per heavy atom. The molecular formula is C19H24N8. The van der Waals surface area contributed by atoms with Crippen LogP contribution < -0.4 is 27.6 Å². The van der Waals surface area contributed by atoms with Crippen LogP contribution >= 0.6 is 0 Å². The molecule has 1 aliphatic heterocycles. The minimum atomic E-state index is 0.413. The molecule has 0 aromatic carbocycles. The number of hydrogen-bond acceptors (Lipinski definition) is 7. The van der Waals surface area contributed by atoms with Gasteiger partial charge in [-0.2, -0.15) is 0 Å². The van der Waals surface area contributed by atoms with E-state index in [-0.39, 0.29) is 0 Å². The topological polar surface area (TPSA) is 118 Å². The number of hydrazine groups is 1. The molecule has 0 aliphatic carbocycles. The summed E-state index contributed by atoms with van der Waals surface area (Å²) < 4.78 is 2.00. The summed E-state index contributed by atoms with van der Waals surface area (Å²) in [5, 5.41) is 6.94. The van der Waals surface area contributed by atoms with E-state index in [4.69, 9.17) is 16.6 Å². The van der Waals surface area contributed by atoms with Gasteiger partial charge in [0.25, 0.3) is 0 Å². The third-order valence-corrected chi connectivity index (χ3v) is 4.81. The van der Waals surface area contributed by atoms with Crippen molar-refractivity contribution in [2.75, 3.05) is 18.4 Å². The molecule has 1 aliphatic rings. The van der Waals surface area contributed by atoms with E-state index >= 15 is 0 Å². The van der Waals surface area contributed by atoms with Crippen molar-refractivity contribution in [3.05, 3.63) is 54.5 Å². The molecule has 1 atom stereocenters. The summed E-state index contributed by atoms with van der Waals surface area (Å²) >= 11 is 0.